The maximum Gasteiger partial charge on any atom is 0.251 e. The molecule has 0 aliphatic rings. The van der Waals surface area contributed by atoms with E-state index in [0.717, 1.165) is 11.6 Å². The van der Waals surface area contributed by atoms with E-state index < -0.39 is 5.82 Å². The number of hydrogen-bond acceptors (Lipinski definition) is 3. The summed E-state index contributed by atoms with van der Waals surface area (Å²) in [5, 5.41) is 2.71. The molecule has 0 saturated heterocycles. The molecule has 1 heterocycles. The molecule has 1 aromatic carbocycles. The van der Waals surface area contributed by atoms with Crippen LogP contribution in [-0.4, -0.2) is 18.0 Å². The van der Waals surface area contributed by atoms with Crippen LogP contribution in [0.5, 0.6) is 5.75 Å². The minimum Gasteiger partial charge on any atom is -0.494 e. The van der Waals surface area contributed by atoms with Crippen LogP contribution in [-0.2, 0) is 6.54 Å². The quantitative estimate of drug-likeness (QED) is 0.916. The van der Waals surface area contributed by atoms with Crippen molar-refractivity contribution in [3.05, 3.63) is 59.7 Å². The molecule has 0 atom stereocenters. The van der Waals surface area contributed by atoms with Crippen LogP contribution in [0.1, 0.15) is 15.9 Å². The molecule has 1 N–H and O–H groups in total. The average Bonchev–Trinajstić information content (AvgIpc) is 2.45. The Bertz CT molecular complexity index is 573. The molecule has 2 rings (SSSR count). The highest BCUT2D eigenvalue weighted by Crippen LogP contribution is 2.17. The molecule has 2 aromatic rings. The number of methoxy groups -OCH3 is 1. The zero-order chi connectivity index (χ0) is 13.7. The first-order valence-corrected chi connectivity index (χ1v) is 5.71. The van der Waals surface area contributed by atoms with Gasteiger partial charge in [0.2, 0.25) is 0 Å². The van der Waals surface area contributed by atoms with Crippen molar-refractivity contribution < 1.29 is 13.9 Å². The van der Waals surface area contributed by atoms with Gasteiger partial charge < -0.3 is 10.1 Å². The highest BCUT2D eigenvalue weighted by molar-refractivity contribution is 5.94. The van der Waals surface area contributed by atoms with Crippen LogP contribution in [0.25, 0.3) is 0 Å². The second kappa shape index (κ2) is 5.95. The average molecular weight is 260 g/mol. The van der Waals surface area contributed by atoms with Crippen LogP contribution in [0.2, 0.25) is 0 Å². The molecule has 4 nitrogen and oxygen atoms in total. The van der Waals surface area contributed by atoms with Crippen molar-refractivity contribution in [2.75, 3.05) is 7.11 Å². The van der Waals surface area contributed by atoms with Gasteiger partial charge in [0.15, 0.2) is 11.6 Å². The van der Waals surface area contributed by atoms with E-state index in [1.807, 2.05) is 0 Å². The van der Waals surface area contributed by atoms with Gasteiger partial charge in [0.1, 0.15) is 0 Å². The van der Waals surface area contributed by atoms with Crippen LogP contribution < -0.4 is 10.1 Å². The molecule has 5 heteroatoms. The number of carbonyl (C=O) groups is 1. The first kappa shape index (κ1) is 13.0. The highest BCUT2D eigenvalue weighted by atomic mass is 19.1. The number of pyridine rings is 1. The molecule has 19 heavy (non-hydrogen) atoms. The Hall–Kier alpha value is -2.43. The monoisotopic (exact) mass is 260 g/mol. The van der Waals surface area contributed by atoms with E-state index in [1.165, 1.54) is 19.2 Å². The number of carbonyl (C=O) groups excluding carboxylic acids is 1. The minimum atomic E-state index is -0.556. The number of hydrogen-bond donors (Lipinski definition) is 1. The lowest BCUT2D eigenvalue weighted by atomic mass is 10.2. The van der Waals surface area contributed by atoms with Crippen LogP contribution in [0.15, 0.2) is 42.7 Å². The second-order valence-electron chi connectivity index (χ2n) is 3.89. The number of nitrogens with zero attached hydrogens (tertiary/aromatic N) is 1. The molecule has 0 radical (unpaired) electrons. The van der Waals surface area contributed by atoms with Gasteiger partial charge >= 0.3 is 0 Å². The third kappa shape index (κ3) is 3.28. The van der Waals surface area contributed by atoms with Gasteiger partial charge in [-0.05, 0) is 35.9 Å². The third-order valence-electron chi connectivity index (χ3n) is 2.62. The van der Waals surface area contributed by atoms with Crippen LogP contribution in [0, 0.1) is 5.82 Å². The summed E-state index contributed by atoms with van der Waals surface area (Å²) in [6.07, 6.45) is 3.29. The molecule has 1 amide bonds. The lowest BCUT2D eigenvalue weighted by Crippen LogP contribution is -2.22. The maximum absolute atomic E-state index is 13.5. The van der Waals surface area contributed by atoms with Crippen molar-refractivity contribution in [2.24, 2.45) is 0 Å². The Balaban J connectivity index is 2.02. The third-order valence-corrected chi connectivity index (χ3v) is 2.62. The molecule has 0 fully saturated rings. The predicted molar refractivity (Wildman–Crippen MR) is 68.4 cm³/mol. The van der Waals surface area contributed by atoms with E-state index in [2.05, 4.69) is 10.3 Å². The number of nitrogens with one attached hydrogen (secondary N) is 1. The number of ether oxygens (including phenoxy) is 1. The predicted octanol–water partition coefficient (Wildman–Crippen LogP) is 2.16. The van der Waals surface area contributed by atoms with Crippen molar-refractivity contribution >= 4 is 5.91 Å². The molecule has 1 aromatic heterocycles. The van der Waals surface area contributed by atoms with E-state index in [0.29, 0.717) is 6.54 Å². The zero-order valence-electron chi connectivity index (χ0n) is 10.4. The lowest BCUT2D eigenvalue weighted by Gasteiger charge is -2.07. The fraction of sp³-hybridized carbons (Fsp3) is 0.143. The first-order chi connectivity index (χ1) is 9.20. The zero-order valence-corrected chi connectivity index (χ0v) is 10.4. The Morgan fingerprint density at radius 1 is 1.32 bits per heavy atom. The standard InChI is InChI=1S/C14H13FN2O2/c1-19-13-3-2-11(8-12(13)15)14(18)17-9-10-4-6-16-7-5-10/h2-8H,9H2,1H3,(H,17,18). The summed E-state index contributed by atoms with van der Waals surface area (Å²) in [5.41, 5.74) is 1.18. The molecule has 98 valence electrons. The smallest absolute Gasteiger partial charge is 0.251 e. The molecule has 0 bridgehead atoms. The van der Waals surface area contributed by atoms with Crippen molar-refractivity contribution in [3.8, 4) is 5.75 Å². The van der Waals surface area contributed by atoms with E-state index >= 15 is 0 Å². The van der Waals surface area contributed by atoms with E-state index in [-0.39, 0.29) is 17.2 Å². The molecular formula is C14H13FN2O2. The molecule has 0 aliphatic heterocycles. The summed E-state index contributed by atoms with van der Waals surface area (Å²) in [5.74, 6) is -0.775. The Labute approximate surface area is 110 Å². The topological polar surface area (TPSA) is 51.2 Å². The van der Waals surface area contributed by atoms with Crippen LogP contribution in [0.4, 0.5) is 4.39 Å². The fourth-order valence-electron chi connectivity index (χ4n) is 1.59. The maximum atomic E-state index is 13.5. The number of benzene rings is 1. The lowest BCUT2D eigenvalue weighted by molar-refractivity contribution is 0.0950. The first-order valence-electron chi connectivity index (χ1n) is 5.71. The molecule has 0 aliphatic carbocycles. The van der Waals surface area contributed by atoms with Crippen LogP contribution in [0.3, 0.4) is 0 Å². The number of amides is 1. The van der Waals surface area contributed by atoms with Gasteiger partial charge in [0, 0.05) is 24.5 Å². The number of rotatable bonds is 4. The van der Waals surface area contributed by atoms with Gasteiger partial charge in [-0.2, -0.15) is 0 Å². The van der Waals surface area contributed by atoms with Gasteiger partial charge in [-0.3, -0.25) is 9.78 Å². The van der Waals surface area contributed by atoms with E-state index in [1.54, 1.807) is 24.5 Å². The van der Waals surface area contributed by atoms with Crippen molar-refractivity contribution in [3.63, 3.8) is 0 Å². The summed E-state index contributed by atoms with van der Waals surface area (Å²) in [7, 11) is 1.38. The summed E-state index contributed by atoms with van der Waals surface area (Å²) < 4.78 is 18.3. The fourth-order valence-corrected chi connectivity index (χ4v) is 1.59. The highest BCUT2D eigenvalue weighted by Gasteiger charge is 2.09. The summed E-state index contributed by atoms with van der Waals surface area (Å²) in [6, 6.07) is 7.70. The van der Waals surface area contributed by atoms with E-state index in [4.69, 9.17) is 4.74 Å². The molecule has 0 spiro atoms. The van der Waals surface area contributed by atoms with Gasteiger partial charge in [-0.25, -0.2) is 4.39 Å². The van der Waals surface area contributed by atoms with Gasteiger partial charge in [-0.1, -0.05) is 0 Å². The van der Waals surface area contributed by atoms with Crippen LogP contribution >= 0.6 is 0 Å². The minimum absolute atomic E-state index is 0.116. The molecule has 0 unspecified atom stereocenters. The van der Waals surface area contributed by atoms with Gasteiger partial charge in [0.25, 0.3) is 5.91 Å². The second-order valence-corrected chi connectivity index (χ2v) is 3.89. The van der Waals surface area contributed by atoms with Gasteiger partial charge in [0.05, 0.1) is 7.11 Å². The molecule has 0 saturated carbocycles. The Morgan fingerprint density at radius 2 is 2.05 bits per heavy atom. The largest absolute Gasteiger partial charge is 0.494 e. The number of aromatic nitrogens is 1. The number of halogens is 1. The normalized spacial score (nSPS) is 10.0. The van der Waals surface area contributed by atoms with Crippen molar-refractivity contribution in [2.45, 2.75) is 6.54 Å². The summed E-state index contributed by atoms with van der Waals surface area (Å²) >= 11 is 0. The Kier molecular flexibility index (Phi) is 4.07. The van der Waals surface area contributed by atoms with E-state index in [9.17, 15) is 9.18 Å². The molecular weight excluding hydrogens is 247 g/mol. The van der Waals surface area contributed by atoms with Crippen molar-refractivity contribution in [1.82, 2.24) is 10.3 Å². The summed E-state index contributed by atoms with van der Waals surface area (Å²) in [6.45, 7) is 0.370. The van der Waals surface area contributed by atoms with Gasteiger partial charge in [-0.15, -0.1) is 0 Å². The van der Waals surface area contributed by atoms with Crippen molar-refractivity contribution in [1.29, 1.82) is 0 Å². The Morgan fingerprint density at radius 3 is 2.68 bits per heavy atom. The SMILES string of the molecule is COc1ccc(C(=O)NCc2ccncc2)cc1F. The summed E-state index contributed by atoms with van der Waals surface area (Å²) in [4.78, 5) is 15.7.